The Morgan fingerprint density at radius 2 is 1.89 bits per heavy atom. The lowest BCUT2D eigenvalue weighted by molar-refractivity contribution is 0.475. The van der Waals surface area contributed by atoms with Crippen molar-refractivity contribution in [3.63, 3.8) is 0 Å². The fourth-order valence-corrected chi connectivity index (χ4v) is 3.50. The SMILES string of the molecule is Cc1cc(NN)cc(C)c1S(=O)(=O)N(C)CCC#N. The summed E-state index contributed by atoms with van der Waals surface area (Å²) in [5.41, 5.74) is 4.40. The molecule has 0 saturated carbocycles. The molecule has 0 aliphatic rings. The lowest BCUT2D eigenvalue weighted by atomic mass is 10.1. The zero-order valence-electron chi connectivity index (χ0n) is 11.3. The van der Waals surface area contributed by atoms with E-state index in [0.717, 1.165) is 0 Å². The summed E-state index contributed by atoms with van der Waals surface area (Å²) in [5.74, 6) is 5.33. The molecule has 6 nitrogen and oxygen atoms in total. The number of rotatable bonds is 5. The molecule has 0 radical (unpaired) electrons. The van der Waals surface area contributed by atoms with Gasteiger partial charge in [-0.3, -0.25) is 5.84 Å². The Balaban J connectivity index is 3.26. The van der Waals surface area contributed by atoms with Crippen molar-refractivity contribution in [3.8, 4) is 6.07 Å². The van der Waals surface area contributed by atoms with Crippen molar-refractivity contribution in [2.75, 3.05) is 19.0 Å². The number of sulfonamides is 1. The second-order valence-corrected chi connectivity index (χ2v) is 6.30. The minimum Gasteiger partial charge on any atom is -0.324 e. The molecule has 7 heteroatoms. The molecule has 19 heavy (non-hydrogen) atoms. The highest BCUT2D eigenvalue weighted by atomic mass is 32.2. The number of nitrogens with one attached hydrogen (secondary N) is 1. The standard InChI is InChI=1S/C12H18N4O2S/c1-9-7-11(15-14)8-10(2)12(9)19(17,18)16(3)6-4-5-13/h7-8,15H,4,6,14H2,1-3H3. The Hall–Kier alpha value is -1.62. The highest BCUT2D eigenvalue weighted by Gasteiger charge is 2.24. The third-order valence-electron chi connectivity index (χ3n) is 2.83. The van der Waals surface area contributed by atoms with Crippen LogP contribution in [0.4, 0.5) is 5.69 Å². The molecule has 0 atom stereocenters. The second-order valence-electron chi connectivity index (χ2n) is 4.32. The van der Waals surface area contributed by atoms with Crippen LogP contribution in [0.3, 0.4) is 0 Å². The Bertz CT molecular complexity index is 582. The number of anilines is 1. The van der Waals surface area contributed by atoms with Crippen molar-refractivity contribution in [3.05, 3.63) is 23.3 Å². The first-order valence-corrected chi connectivity index (χ1v) is 7.19. The van der Waals surface area contributed by atoms with Crippen molar-refractivity contribution in [2.45, 2.75) is 25.2 Å². The molecule has 0 amide bonds. The number of nitrogens with two attached hydrogens (primary N) is 1. The first-order valence-electron chi connectivity index (χ1n) is 5.75. The van der Waals surface area contributed by atoms with Gasteiger partial charge in [0.1, 0.15) is 0 Å². The third-order valence-corrected chi connectivity index (χ3v) is 5.00. The molecule has 0 fully saturated rings. The van der Waals surface area contributed by atoms with Gasteiger partial charge in [-0.1, -0.05) is 0 Å². The molecule has 0 heterocycles. The van der Waals surface area contributed by atoms with E-state index in [0.29, 0.717) is 16.8 Å². The molecule has 0 aliphatic heterocycles. The summed E-state index contributed by atoms with van der Waals surface area (Å²) in [6, 6.07) is 5.29. The van der Waals surface area contributed by atoms with Crippen LogP contribution >= 0.6 is 0 Å². The predicted octanol–water partition coefficient (Wildman–Crippen LogP) is 1.12. The number of nitriles is 1. The average molecular weight is 282 g/mol. The summed E-state index contributed by atoms with van der Waals surface area (Å²) in [4.78, 5) is 0.270. The Morgan fingerprint density at radius 1 is 1.37 bits per heavy atom. The number of aryl methyl sites for hydroxylation is 2. The van der Waals surface area contributed by atoms with Crippen molar-refractivity contribution in [2.24, 2.45) is 5.84 Å². The summed E-state index contributed by atoms with van der Waals surface area (Å²) in [5, 5.41) is 8.54. The Morgan fingerprint density at radius 3 is 2.32 bits per heavy atom. The van der Waals surface area contributed by atoms with Gasteiger partial charge in [0, 0.05) is 25.7 Å². The molecular formula is C12H18N4O2S. The van der Waals surface area contributed by atoms with E-state index in [1.54, 1.807) is 26.0 Å². The minimum absolute atomic E-state index is 0.163. The normalized spacial score (nSPS) is 11.4. The topological polar surface area (TPSA) is 99.2 Å². The van der Waals surface area contributed by atoms with Crippen LogP contribution in [0.25, 0.3) is 0 Å². The predicted molar refractivity (Wildman–Crippen MR) is 73.8 cm³/mol. The fourth-order valence-electron chi connectivity index (χ4n) is 1.92. The van der Waals surface area contributed by atoms with Crippen LogP contribution in [-0.4, -0.2) is 26.3 Å². The van der Waals surface area contributed by atoms with E-state index in [1.165, 1.54) is 11.4 Å². The molecule has 0 unspecified atom stereocenters. The van der Waals surface area contributed by atoms with Crippen LogP contribution in [0.5, 0.6) is 0 Å². The zero-order valence-corrected chi connectivity index (χ0v) is 12.1. The Kier molecular flexibility index (Phi) is 4.89. The van der Waals surface area contributed by atoms with Crippen LogP contribution in [-0.2, 0) is 10.0 Å². The van der Waals surface area contributed by atoms with Crippen molar-refractivity contribution in [1.29, 1.82) is 5.26 Å². The smallest absolute Gasteiger partial charge is 0.243 e. The van der Waals surface area contributed by atoms with Gasteiger partial charge in [-0.05, 0) is 37.1 Å². The molecular weight excluding hydrogens is 264 g/mol. The summed E-state index contributed by atoms with van der Waals surface area (Å²) >= 11 is 0. The molecule has 1 rings (SSSR count). The monoisotopic (exact) mass is 282 g/mol. The van der Waals surface area contributed by atoms with E-state index in [4.69, 9.17) is 11.1 Å². The maximum absolute atomic E-state index is 12.4. The Labute approximate surface area is 113 Å². The second kappa shape index (κ2) is 6.02. The minimum atomic E-state index is -3.58. The number of nitrogen functional groups attached to an aromatic ring is 1. The van der Waals surface area contributed by atoms with Gasteiger partial charge in [-0.15, -0.1) is 0 Å². The van der Waals surface area contributed by atoms with Gasteiger partial charge in [0.15, 0.2) is 0 Å². The number of hydrogen-bond acceptors (Lipinski definition) is 5. The van der Waals surface area contributed by atoms with E-state index in [-0.39, 0.29) is 17.9 Å². The molecule has 0 aromatic heterocycles. The van der Waals surface area contributed by atoms with Crippen LogP contribution in [0, 0.1) is 25.2 Å². The lowest BCUT2D eigenvalue weighted by Gasteiger charge is -2.19. The van der Waals surface area contributed by atoms with Gasteiger partial charge < -0.3 is 5.43 Å². The summed E-state index contributed by atoms with van der Waals surface area (Å²) in [7, 11) is -2.11. The van der Waals surface area contributed by atoms with Crippen LogP contribution < -0.4 is 11.3 Å². The van der Waals surface area contributed by atoms with Crippen molar-refractivity contribution < 1.29 is 8.42 Å². The summed E-state index contributed by atoms with van der Waals surface area (Å²) in [6.45, 7) is 3.62. The molecule has 104 valence electrons. The van der Waals surface area contributed by atoms with Crippen LogP contribution in [0.1, 0.15) is 17.5 Å². The highest BCUT2D eigenvalue weighted by Crippen LogP contribution is 2.26. The summed E-state index contributed by atoms with van der Waals surface area (Å²) in [6.07, 6.45) is 0.163. The molecule has 1 aromatic carbocycles. The first-order chi connectivity index (χ1) is 8.84. The maximum Gasteiger partial charge on any atom is 0.243 e. The van der Waals surface area contributed by atoms with Gasteiger partial charge in [0.05, 0.1) is 11.0 Å². The van der Waals surface area contributed by atoms with E-state index >= 15 is 0 Å². The molecule has 1 aromatic rings. The van der Waals surface area contributed by atoms with E-state index in [2.05, 4.69) is 5.43 Å². The summed E-state index contributed by atoms with van der Waals surface area (Å²) < 4.78 is 26.1. The molecule has 3 N–H and O–H groups in total. The maximum atomic E-state index is 12.4. The van der Waals surface area contributed by atoms with Gasteiger partial charge in [0.2, 0.25) is 10.0 Å². The van der Waals surface area contributed by atoms with Crippen LogP contribution in [0.2, 0.25) is 0 Å². The van der Waals surface area contributed by atoms with Gasteiger partial charge in [-0.2, -0.15) is 9.57 Å². The number of benzene rings is 1. The fraction of sp³-hybridized carbons (Fsp3) is 0.417. The average Bonchev–Trinajstić information content (AvgIpc) is 2.34. The number of nitrogens with zero attached hydrogens (tertiary/aromatic N) is 2. The highest BCUT2D eigenvalue weighted by molar-refractivity contribution is 7.89. The van der Waals surface area contributed by atoms with Crippen LogP contribution in [0.15, 0.2) is 17.0 Å². The molecule has 0 saturated heterocycles. The zero-order chi connectivity index (χ0) is 14.6. The molecule has 0 spiro atoms. The van der Waals surface area contributed by atoms with E-state index in [1.807, 2.05) is 6.07 Å². The number of hydrazine groups is 1. The quantitative estimate of drug-likeness (QED) is 0.623. The molecule has 0 bridgehead atoms. The van der Waals surface area contributed by atoms with Crippen molar-refractivity contribution in [1.82, 2.24) is 4.31 Å². The largest absolute Gasteiger partial charge is 0.324 e. The van der Waals surface area contributed by atoms with Gasteiger partial charge in [-0.25, -0.2) is 8.42 Å². The van der Waals surface area contributed by atoms with E-state index < -0.39 is 10.0 Å². The van der Waals surface area contributed by atoms with Crippen molar-refractivity contribution >= 4 is 15.7 Å². The van der Waals surface area contributed by atoms with Gasteiger partial charge >= 0.3 is 0 Å². The number of hydrogen-bond donors (Lipinski definition) is 2. The third kappa shape index (κ3) is 3.23. The first kappa shape index (κ1) is 15.4. The van der Waals surface area contributed by atoms with E-state index in [9.17, 15) is 8.42 Å². The molecule has 0 aliphatic carbocycles. The van der Waals surface area contributed by atoms with Gasteiger partial charge in [0.25, 0.3) is 0 Å². The lowest BCUT2D eigenvalue weighted by Crippen LogP contribution is -2.29.